The Hall–Kier alpha value is -3.44. The lowest BCUT2D eigenvalue weighted by molar-refractivity contribution is -0.274. The van der Waals surface area contributed by atoms with Crippen LogP contribution in [0.2, 0.25) is 0 Å². The predicted octanol–water partition coefficient (Wildman–Crippen LogP) is 4.13. The molecule has 0 fully saturated rings. The van der Waals surface area contributed by atoms with Crippen molar-refractivity contribution in [1.82, 2.24) is 10.0 Å². The van der Waals surface area contributed by atoms with E-state index < -0.39 is 33.9 Å². The fourth-order valence-corrected chi connectivity index (χ4v) is 3.91. The van der Waals surface area contributed by atoms with Crippen LogP contribution in [-0.2, 0) is 23.1 Å². The maximum Gasteiger partial charge on any atom is 0.573 e. The zero-order valence-corrected chi connectivity index (χ0v) is 17.7. The molecule has 0 radical (unpaired) electrons. The fourth-order valence-electron chi connectivity index (χ4n) is 2.82. The van der Waals surface area contributed by atoms with Crippen molar-refractivity contribution in [2.45, 2.75) is 24.3 Å². The summed E-state index contributed by atoms with van der Waals surface area (Å²) in [4.78, 5) is 12.2. The van der Waals surface area contributed by atoms with Crippen molar-refractivity contribution in [3.05, 3.63) is 95.3 Å². The first-order valence-electron chi connectivity index (χ1n) is 9.49. The summed E-state index contributed by atoms with van der Waals surface area (Å²) in [7, 11) is -3.90. The Morgan fingerprint density at radius 2 is 1.52 bits per heavy atom. The molecular formula is C22H18F4N2O4S. The maximum atomic E-state index is 13.3. The van der Waals surface area contributed by atoms with Crippen LogP contribution in [0.5, 0.6) is 5.75 Å². The molecule has 0 aliphatic rings. The zero-order chi connectivity index (χ0) is 24.1. The second-order valence-corrected chi connectivity index (χ2v) is 8.62. The van der Waals surface area contributed by atoms with Gasteiger partial charge in [-0.1, -0.05) is 24.3 Å². The van der Waals surface area contributed by atoms with Crippen molar-refractivity contribution in [3.63, 3.8) is 0 Å². The van der Waals surface area contributed by atoms with Gasteiger partial charge in [0.25, 0.3) is 5.91 Å². The fraction of sp³-hybridized carbons (Fsp3) is 0.136. The van der Waals surface area contributed by atoms with E-state index in [1.807, 2.05) is 0 Å². The summed E-state index contributed by atoms with van der Waals surface area (Å²) in [6.07, 6.45) is -4.83. The van der Waals surface area contributed by atoms with Gasteiger partial charge in [0.15, 0.2) is 0 Å². The molecule has 33 heavy (non-hydrogen) atoms. The molecular weight excluding hydrogens is 464 g/mol. The van der Waals surface area contributed by atoms with Gasteiger partial charge < -0.3 is 10.1 Å². The second-order valence-electron chi connectivity index (χ2n) is 6.86. The summed E-state index contributed by atoms with van der Waals surface area (Å²) in [5.41, 5.74) is 1.03. The lowest BCUT2D eigenvalue weighted by Gasteiger charge is -2.11. The molecule has 2 N–H and O–H groups in total. The van der Waals surface area contributed by atoms with Crippen LogP contribution in [0.15, 0.2) is 77.7 Å². The number of nitrogens with one attached hydrogen (secondary N) is 2. The topological polar surface area (TPSA) is 84.5 Å². The number of rotatable bonds is 8. The van der Waals surface area contributed by atoms with Gasteiger partial charge in [-0.15, -0.1) is 13.2 Å². The number of hydrogen-bond acceptors (Lipinski definition) is 4. The van der Waals surface area contributed by atoms with E-state index >= 15 is 0 Å². The number of amides is 1. The van der Waals surface area contributed by atoms with E-state index in [0.29, 0.717) is 11.1 Å². The Morgan fingerprint density at radius 1 is 0.879 bits per heavy atom. The normalized spacial score (nSPS) is 11.8. The molecule has 0 saturated carbocycles. The van der Waals surface area contributed by atoms with E-state index in [2.05, 4.69) is 14.8 Å². The van der Waals surface area contributed by atoms with Crippen LogP contribution in [-0.4, -0.2) is 20.7 Å². The number of alkyl halides is 3. The highest BCUT2D eigenvalue weighted by atomic mass is 32.2. The molecule has 0 saturated heterocycles. The molecule has 0 unspecified atom stereocenters. The highest BCUT2D eigenvalue weighted by Gasteiger charge is 2.31. The number of carbonyl (C=O) groups excluding carboxylic acids is 1. The van der Waals surface area contributed by atoms with Crippen LogP contribution in [0.3, 0.4) is 0 Å². The Balaban J connectivity index is 1.60. The molecule has 1 amide bonds. The van der Waals surface area contributed by atoms with Gasteiger partial charge >= 0.3 is 6.36 Å². The number of ether oxygens (including phenoxy) is 1. The molecule has 6 nitrogen and oxygen atoms in total. The van der Waals surface area contributed by atoms with Crippen LogP contribution in [0.4, 0.5) is 17.6 Å². The molecule has 0 aliphatic carbocycles. The first-order chi connectivity index (χ1) is 15.5. The predicted molar refractivity (Wildman–Crippen MR) is 111 cm³/mol. The highest BCUT2D eigenvalue weighted by molar-refractivity contribution is 7.89. The van der Waals surface area contributed by atoms with Crippen LogP contribution >= 0.6 is 0 Å². The summed E-state index contributed by atoms with van der Waals surface area (Å²) in [5, 5.41) is 2.57. The van der Waals surface area contributed by atoms with E-state index in [4.69, 9.17) is 0 Å². The van der Waals surface area contributed by atoms with Crippen molar-refractivity contribution >= 4 is 15.9 Å². The van der Waals surface area contributed by atoms with E-state index in [1.165, 1.54) is 48.5 Å². The van der Waals surface area contributed by atoms with Gasteiger partial charge in [-0.3, -0.25) is 4.79 Å². The minimum atomic E-state index is -4.83. The third-order valence-corrected chi connectivity index (χ3v) is 5.77. The quantitative estimate of drug-likeness (QED) is 0.473. The average Bonchev–Trinajstić information content (AvgIpc) is 2.76. The maximum absolute atomic E-state index is 13.3. The van der Waals surface area contributed by atoms with Gasteiger partial charge in [0.05, 0.1) is 4.90 Å². The van der Waals surface area contributed by atoms with Crippen molar-refractivity contribution in [2.75, 3.05) is 0 Å². The van der Waals surface area contributed by atoms with E-state index in [-0.39, 0.29) is 23.5 Å². The van der Waals surface area contributed by atoms with E-state index in [1.54, 1.807) is 12.1 Å². The molecule has 0 aliphatic heterocycles. The highest BCUT2D eigenvalue weighted by Crippen LogP contribution is 2.22. The minimum absolute atomic E-state index is 0.0209. The van der Waals surface area contributed by atoms with Gasteiger partial charge in [0.2, 0.25) is 10.0 Å². The third kappa shape index (κ3) is 7.29. The Kier molecular flexibility index (Phi) is 7.34. The lowest BCUT2D eigenvalue weighted by atomic mass is 10.2. The van der Waals surface area contributed by atoms with Crippen LogP contribution in [0, 0.1) is 5.82 Å². The van der Waals surface area contributed by atoms with Crippen molar-refractivity contribution in [3.8, 4) is 5.75 Å². The van der Waals surface area contributed by atoms with E-state index in [9.17, 15) is 30.8 Å². The van der Waals surface area contributed by atoms with Gasteiger partial charge in [-0.25, -0.2) is 17.5 Å². The van der Waals surface area contributed by atoms with Crippen LogP contribution in [0.25, 0.3) is 0 Å². The molecule has 0 aromatic heterocycles. The summed E-state index contributed by atoms with van der Waals surface area (Å²) >= 11 is 0. The molecule has 3 aromatic rings. The van der Waals surface area contributed by atoms with Crippen LogP contribution < -0.4 is 14.8 Å². The standard InChI is InChI=1S/C22H18F4N2O4S/c23-18-5-1-3-15(11-18)14-28-33(30,31)20-6-2-4-16(12-20)13-27-21(29)17-7-9-19(10-8-17)32-22(24,25)26/h1-12,28H,13-14H2,(H,27,29). The number of halogens is 4. The summed E-state index contributed by atoms with van der Waals surface area (Å²) in [6, 6.07) is 15.7. The molecule has 11 heteroatoms. The summed E-state index contributed by atoms with van der Waals surface area (Å²) in [5.74, 6) is -1.50. The molecule has 0 spiro atoms. The Morgan fingerprint density at radius 3 is 2.15 bits per heavy atom. The molecule has 174 valence electrons. The van der Waals surface area contributed by atoms with Gasteiger partial charge in [-0.05, 0) is 59.7 Å². The zero-order valence-electron chi connectivity index (χ0n) is 16.9. The molecule has 0 atom stereocenters. The molecule has 3 rings (SSSR count). The first-order valence-corrected chi connectivity index (χ1v) is 11.0. The second kappa shape index (κ2) is 10.0. The number of benzene rings is 3. The van der Waals surface area contributed by atoms with Crippen molar-refractivity contribution in [2.24, 2.45) is 0 Å². The van der Waals surface area contributed by atoms with Crippen molar-refractivity contribution in [1.29, 1.82) is 0 Å². The van der Waals surface area contributed by atoms with Gasteiger partial charge in [-0.2, -0.15) is 0 Å². The van der Waals surface area contributed by atoms with Crippen LogP contribution in [0.1, 0.15) is 21.5 Å². The molecule has 0 heterocycles. The largest absolute Gasteiger partial charge is 0.573 e. The Bertz CT molecular complexity index is 1230. The monoisotopic (exact) mass is 482 g/mol. The molecule has 0 bridgehead atoms. The average molecular weight is 482 g/mol. The summed E-state index contributed by atoms with van der Waals surface area (Å²) in [6.45, 7) is -0.123. The smallest absolute Gasteiger partial charge is 0.406 e. The number of carbonyl (C=O) groups is 1. The minimum Gasteiger partial charge on any atom is -0.406 e. The Labute approximate surface area is 187 Å². The summed E-state index contributed by atoms with van der Waals surface area (Å²) < 4.78 is 81.1. The van der Waals surface area contributed by atoms with Gasteiger partial charge in [0.1, 0.15) is 11.6 Å². The number of hydrogen-bond donors (Lipinski definition) is 2. The first kappa shape index (κ1) is 24.2. The van der Waals surface area contributed by atoms with Gasteiger partial charge in [0, 0.05) is 18.7 Å². The van der Waals surface area contributed by atoms with E-state index in [0.717, 1.165) is 12.1 Å². The molecule has 3 aromatic carbocycles. The lowest BCUT2D eigenvalue weighted by Crippen LogP contribution is -2.25. The van der Waals surface area contributed by atoms with Crippen molar-refractivity contribution < 1.29 is 35.5 Å². The third-order valence-electron chi connectivity index (χ3n) is 4.37. The number of sulfonamides is 1. The SMILES string of the molecule is O=C(NCc1cccc(S(=O)(=O)NCc2cccc(F)c2)c1)c1ccc(OC(F)(F)F)cc1.